The molecule has 1 aliphatic carbocycles. The standard InChI is InChI=1S/C26H24N2O4S/c29-26(25-17-20-5-1-4-8-24(20)32-25)27-21-13-9-18(10-14-21)19-11-15-23(16-12-19)33(30,31)28-22-6-2-3-7-22/h1,4-5,8-17,22,28H,2-3,6-7H2,(H,27,29). The zero-order chi connectivity index (χ0) is 22.8. The van der Waals surface area contributed by atoms with E-state index in [2.05, 4.69) is 10.0 Å². The van der Waals surface area contributed by atoms with Crippen LogP contribution in [0.5, 0.6) is 0 Å². The van der Waals surface area contributed by atoms with Crippen LogP contribution in [0.4, 0.5) is 5.69 Å². The number of carbonyl (C=O) groups excluding carboxylic acids is 1. The van der Waals surface area contributed by atoms with E-state index in [4.69, 9.17) is 4.42 Å². The lowest BCUT2D eigenvalue weighted by Gasteiger charge is -2.13. The molecule has 1 heterocycles. The summed E-state index contributed by atoms with van der Waals surface area (Å²) in [6, 6.07) is 23.5. The Hall–Kier alpha value is -3.42. The Morgan fingerprint density at radius 2 is 1.48 bits per heavy atom. The Morgan fingerprint density at radius 1 is 0.848 bits per heavy atom. The first-order chi connectivity index (χ1) is 16.0. The fraction of sp³-hybridized carbons (Fsp3) is 0.192. The van der Waals surface area contributed by atoms with Crippen molar-refractivity contribution >= 4 is 32.6 Å². The minimum Gasteiger partial charge on any atom is -0.451 e. The van der Waals surface area contributed by atoms with Crippen LogP contribution in [0.15, 0.2) is 88.2 Å². The van der Waals surface area contributed by atoms with E-state index < -0.39 is 10.0 Å². The number of hydrogen-bond donors (Lipinski definition) is 2. The number of benzene rings is 3. The maximum atomic E-state index is 12.6. The average molecular weight is 461 g/mol. The van der Waals surface area contributed by atoms with Crippen LogP contribution in [0.2, 0.25) is 0 Å². The van der Waals surface area contributed by atoms with E-state index in [9.17, 15) is 13.2 Å². The number of hydrogen-bond acceptors (Lipinski definition) is 4. The van der Waals surface area contributed by atoms with Crippen LogP contribution >= 0.6 is 0 Å². The molecule has 0 bridgehead atoms. The number of fused-ring (bicyclic) bond motifs is 1. The van der Waals surface area contributed by atoms with Gasteiger partial charge in [0, 0.05) is 17.1 Å². The quantitative estimate of drug-likeness (QED) is 0.394. The maximum Gasteiger partial charge on any atom is 0.291 e. The second kappa shape index (κ2) is 8.84. The molecular weight excluding hydrogens is 436 g/mol. The normalized spacial score (nSPS) is 14.5. The number of anilines is 1. The number of nitrogens with one attached hydrogen (secondary N) is 2. The number of carbonyl (C=O) groups is 1. The predicted molar refractivity (Wildman–Crippen MR) is 129 cm³/mol. The molecule has 1 fully saturated rings. The second-order valence-electron chi connectivity index (χ2n) is 8.31. The Morgan fingerprint density at radius 3 is 2.15 bits per heavy atom. The second-order valence-corrected chi connectivity index (χ2v) is 10.0. The maximum absolute atomic E-state index is 12.6. The molecule has 0 spiro atoms. The molecule has 6 nitrogen and oxygen atoms in total. The van der Waals surface area contributed by atoms with Crippen molar-refractivity contribution in [3.05, 3.63) is 84.6 Å². The van der Waals surface area contributed by atoms with E-state index in [1.807, 2.05) is 48.5 Å². The lowest BCUT2D eigenvalue weighted by atomic mass is 10.1. The van der Waals surface area contributed by atoms with Gasteiger partial charge in [0.25, 0.3) is 5.91 Å². The largest absolute Gasteiger partial charge is 0.451 e. The van der Waals surface area contributed by atoms with E-state index in [-0.39, 0.29) is 22.6 Å². The minimum atomic E-state index is -3.51. The summed E-state index contributed by atoms with van der Waals surface area (Å²) in [5.41, 5.74) is 3.13. The predicted octanol–water partition coefficient (Wildman–Crippen LogP) is 5.57. The first-order valence-corrected chi connectivity index (χ1v) is 12.5. The summed E-state index contributed by atoms with van der Waals surface area (Å²) in [5, 5.41) is 3.72. The summed E-state index contributed by atoms with van der Waals surface area (Å²) in [4.78, 5) is 12.8. The van der Waals surface area contributed by atoms with Crippen molar-refractivity contribution in [3.8, 4) is 11.1 Å². The van der Waals surface area contributed by atoms with Gasteiger partial charge in [-0.3, -0.25) is 4.79 Å². The molecule has 0 atom stereocenters. The number of sulfonamides is 1. The third kappa shape index (κ3) is 4.69. The van der Waals surface area contributed by atoms with Crippen molar-refractivity contribution in [3.63, 3.8) is 0 Å². The Balaban J connectivity index is 1.26. The van der Waals surface area contributed by atoms with Gasteiger partial charge in [-0.25, -0.2) is 13.1 Å². The zero-order valence-corrected chi connectivity index (χ0v) is 18.8. The van der Waals surface area contributed by atoms with Crippen molar-refractivity contribution < 1.29 is 17.6 Å². The van der Waals surface area contributed by atoms with Crippen molar-refractivity contribution in [2.45, 2.75) is 36.6 Å². The molecule has 33 heavy (non-hydrogen) atoms. The lowest BCUT2D eigenvalue weighted by Crippen LogP contribution is -2.32. The molecule has 1 aliphatic rings. The molecule has 168 valence electrons. The molecule has 1 aromatic heterocycles. The van der Waals surface area contributed by atoms with Gasteiger partial charge in [0.15, 0.2) is 5.76 Å². The monoisotopic (exact) mass is 460 g/mol. The van der Waals surface area contributed by atoms with Gasteiger partial charge in [0.2, 0.25) is 10.0 Å². The highest BCUT2D eigenvalue weighted by Crippen LogP contribution is 2.25. The van der Waals surface area contributed by atoms with Crippen molar-refractivity contribution in [2.75, 3.05) is 5.32 Å². The number of amides is 1. The summed E-state index contributed by atoms with van der Waals surface area (Å²) in [6.45, 7) is 0. The Bertz CT molecular complexity index is 1350. The molecule has 7 heteroatoms. The van der Waals surface area contributed by atoms with Gasteiger partial charge in [-0.1, -0.05) is 55.3 Å². The van der Waals surface area contributed by atoms with Crippen LogP contribution in [-0.4, -0.2) is 20.4 Å². The van der Waals surface area contributed by atoms with Gasteiger partial charge in [-0.2, -0.15) is 0 Å². The van der Waals surface area contributed by atoms with Crippen LogP contribution < -0.4 is 10.0 Å². The number of para-hydroxylation sites is 1. The van der Waals surface area contributed by atoms with Crippen LogP contribution in [0.1, 0.15) is 36.2 Å². The van der Waals surface area contributed by atoms with Crippen LogP contribution in [0.3, 0.4) is 0 Å². The van der Waals surface area contributed by atoms with Gasteiger partial charge in [0.1, 0.15) is 5.58 Å². The average Bonchev–Trinajstić information content (AvgIpc) is 3.49. The molecule has 0 radical (unpaired) electrons. The van der Waals surface area contributed by atoms with E-state index in [0.29, 0.717) is 11.3 Å². The summed E-state index contributed by atoms with van der Waals surface area (Å²) in [7, 11) is -3.51. The van der Waals surface area contributed by atoms with E-state index in [1.165, 1.54) is 0 Å². The molecular formula is C26H24N2O4S. The zero-order valence-electron chi connectivity index (χ0n) is 18.0. The molecule has 0 unspecified atom stereocenters. The van der Waals surface area contributed by atoms with Gasteiger partial charge in [0.05, 0.1) is 4.90 Å². The summed E-state index contributed by atoms with van der Waals surface area (Å²) >= 11 is 0. The molecule has 1 amide bonds. The van der Waals surface area contributed by atoms with Crippen molar-refractivity contribution in [1.82, 2.24) is 4.72 Å². The fourth-order valence-corrected chi connectivity index (χ4v) is 5.50. The van der Waals surface area contributed by atoms with Crippen LogP contribution in [0, 0.1) is 0 Å². The number of furan rings is 1. The van der Waals surface area contributed by atoms with E-state index >= 15 is 0 Å². The fourth-order valence-electron chi connectivity index (χ4n) is 4.19. The highest BCUT2D eigenvalue weighted by atomic mass is 32.2. The molecule has 0 saturated heterocycles. The van der Waals surface area contributed by atoms with Gasteiger partial charge in [-0.15, -0.1) is 0 Å². The van der Waals surface area contributed by atoms with Crippen molar-refractivity contribution in [1.29, 1.82) is 0 Å². The summed E-state index contributed by atoms with van der Waals surface area (Å²) < 4.78 is 33.6. The highest BCUT2D eigenvalue weighted by molar-refractivity contribution is 7.89. The van der Waals surface area contributed by atoms with E-state index in [1.54, 1.807) is 30.3 Å². The third-order valence-electron chi connectivity index (χ3n) is 5.97. The number of rotatable bonds is 6. The lowest BCUT2D eigenvalue weighted by molar-refractivity contribution is 0.0998. The Kier molecular flexibility index (Phi) is 5.74. The van der Waals surface area contributed by atoms with Gasteiger partial charge < -0.3 is 9.73 Å². The van der Waals surface area contributed by atoms with Gasteiger partial charge in [-0.05, 0) is 60.4 Å². The first kappa shape index (κ1) is 21.4. The van der Waals surface area contributed by atoms with Gasteiger partial charge >= 0.3 is 0 Å². The van der Waals surface area contributed by atoms with Crippen molar-refractivity contribution in [2.24, 2.45) is 0 Å². The van der Waals surface area contributed by atoms with Crippen LogP contribution in [0.25, 0.3) is 22.1 Å². The first-order valence-electron chi connectivity index (χ1n) is 11.0. The van der Waals surface area contributed by atoms with Crippen LogP contribution in [-0.2, 0) is 10.0 Å². The topological polar surface area (TPSA) is 88.4 Å². The molecule has 5 rings (SSSR count). The highest BCUT2D eigenvalue weighted by Gasteiger charge is 2.22. The Labute approximate surface area is 192 Å². The molecule has 1 saturated carbocycles. The minimum absolute atomic E-state index is 0.0389. The van der Waals surface area contributed by atoms with E-state index in [0.717, 1.165) is 42.2 Å². The molecule has 4 aromatic rings. The summed E-state index contributed by atoms with van der Waals surface area (Å²) in [5.74, 6) is -0.0634. The summed E-state index contributed by atoms with van der Waals surface area (Å²) in [6.07, 6.45) is 3.94. The smallest absolute Gasteiger partial charge is 0.291 e. The third-order valence-corrected chi connectivity index (χ3v) is 7.50. The molecule has 2 N–H and O–H groups in total. The molecule has 0 aliphatic heterocycles. The molecule has 3 aromatic carbocycles. The SMILES string of the molecule is O=C(Nc1ccc(-c2ccc(S(=O)(=O)NC3CCCC3)cc2)cc1)c1cc2ccccc2o1.